The Kier molecular flexibility index (Phi) is 7.61. The molecule has 2 fully saturated rings. The highest BCUT2D eigenvalue weighted by molar-refractivity contribution is 5.91. The van der Waals surface area contributed by atoms with E-state index in [1.54, 1.807) is 12.1 Å². The van der Waals surface area contributed by atoms with Crippen LogP contribution in [-0.4, -0.2) is 63.4 Å². The van der Waals surface area contributed by atoms with Crippen LogP contribution in [0.5, 0.6) is 0 Å². The third-order valence-electron chi connectivity index (χ3n) is 6.06. The first-order valence-corrected chi connectivity index (χ1v) is 10.5. The zero-order valence-electron chi connectivity index (χ0n) is 17.8. The molecule has 0 amide bonds. The number of hydrogen-bond donors (Lipinski definition) is 3. The zero-order valence-corrected chi connectivity index (χ0v) is 17.8. The number of nitrogens with zero attached hydrogens (tertiary/aromatic N) is 1. The second-order valence-corrected chi connectivity index (χ2v) is 8.08. The largest absolute Gasteiger partial charge is 0.478 e. The number of carbonyl (C=O) groups excluding carboxylic acids is 1. The van der Waals surface area contributed by atoms with Crippen molar-refractivity contribution in [2.24, 2.45) is 0 Å². The van der Waals surface area contributed by atoms with Gasteiger partial charge in [-0.25, -0.2) is 14.4 Å². The highest BCUT2D eigenvalue weighted by Gasteiger charge is 2.40. The number of ether oxygens (including phenoxy) is 1. The fourth-order valence-electron chi connectivity index (χ4n) is 4.21. The lowest BCUT2D eigenvalue weighted by Gasteiger charge is -2.36. The van der Waals surface area contributed by atoms with Crippen LogP contribution in [0.4, 0.5) is 0 Å². The molecule has 8 nitrogen and oxygen atoms in total. The number of fused-ring (bicyclic) bond motifs is 2. The lowest BCUT2D eigenvalue weighted by molar-refractivity contribution is -0.162. The van der Waals surface area contributed by atoms with Crippen LogP contribution in [0.25, 0.3) is 0 Å². The highest BCUT2D eigenvalue weighted by Crippen LogP contribution is 2.35. The molecule has 2 heterocycles. The summed E-state index contributed by atoms with van der Waals surface area (Å²) in [5, 5.41) is 27.0. The Hall–Kier alpha value is -3.23. The number of aliphatic hydroxyl groups is 1. The lowest BCUT2D eigenvalue weighted by atomic mass is 10.0. The van der Waals surface area contributed by atoms with Gasteiger partial charge in [-0.15, -0.1) is 0 Å². The molecule has 2 bridgehead atoms. The van der Waals surface area contributed by atoms with Crippen LogP contribution in [0, 0.1) is 0 Å². The van der Waals surface area contributed by atoms with Crippen LogP contribution in [0.1, 0.15) is 58.1 Å². The molecule has 2 saturated heterocycles. The maximum absolute atomic E-state index is 12.0. The monoisotopic (exact) mass is 441 g/mol. The maximum Gasteiger partial charge on any atom is 0.339 e. The predicted molar refractivity (Wildman–Crippen MR) is 115 cm³/mol. The Morgan fingerprint density at radius 3 is 1.78 bits per heavy atom. The summed E-state index contributed by atoms with van der Waals surface area (Å²) >= 11 is 0. The average molecular weight is 441 g/mol. The van der Waals surface area contributed by atoms with Gasteiger partial charge in [0.05, 0.1) is 11.1 Å². The molecule has 2 aliphatic rings. The molecule has 170 valence electrons. The third kappa shape index (κ3) is 5.72. The number of benzene rings is 2. The SMILES string of the molecule is CN1[C@@H]2CC[C@H]1CC(OC(=O)C(O)c1ccccc1)C2.O=C(O)c1ccc(C(=O)O)cc1. The molecule has 4 rings (SSSR count). The molecule has 3 N–H and O–H groups in total. The number of carbonyl (C=O) groups is 3. The van der Waals surface area contributed by atoms with E-state index in [1.165, 1.54) is 37.1 Å². The molecular formula is C24H27NO7. The Morgan fingerprint density at radius 2 is 1.34 bits per heavy atom. The fourth-order valence-corrected chi connectivity index (χ4v) is 4.21. The van der Waals surface area contributed by atoms with Gasteiger partial charge >= 0.3 is 17.9 Å². The van der Waals surface area contributed by atoms with Crippen molar-refractivity contribution >= 4 is 17.9 Å². The molecular weight excluding hydrogens is 414 g/mol. The second-order valence-electron chi connectivity index (χ2n) is 8.08. The molecule has 2 unspecified atom stereocenters. The van der Waals surface area contributed by atoms with Gasteiger partial charge in [0.15, 0.2) is 6.10 Å². The lowest BCUT2D eigenvalue weighted by Crippen LogP contribution is -2.43. The molecule has 2 aromatic carbocycles. The van der Waals surface area contributed by atoms with Crippen molar-refractivity contribution in [1.82, 2.24) is 4.90 Å². The van der Waals surface area contributed by atoms with E-state index < -0.39 is 24.0 Å². The zero-order chi connectivity index (χ0) is 23.3. The molecule has 0 aliphatic carbocycles. The Labute approximate surface area is 186 Å². The molecule has 2 aliphatic heterocycles. The predicted octanol–water partition coefficient (Wildman–Crippen LogP) is 2.97. The smallest absolute Gasteiger partial charge is 0.339 e. The van der Waals surface area contributed by atoms with Gasteiger partial charge in [-0.05, 0) is 62.6 Å². The van der Waals surface area contributed by atoms with Gasteiger partial charge in [-0.1, -0.05) is 30.3 Å². The first-order valence-electron chi connectivity index (χ1n) is 10.5. The van der Waals surface area contributed by atoms with Crippen molar-refractivity contribution in [3.63, 3.8) is 0 Å². The number of carboxylic acids is 2. The number of piperidine rings is 1. The summed E-state index contributed by atoms with van der Waals surface area (Å²) < 4.78 is 5.52. The van der Waals surface area contributed by atoms with Crippen molar-refractivity contribution in [3.05, 3.63) is 71.3 Å². The van der Waals surface area contributed by atoms with E-state index in [0.29, 0.717) is 17.6 Å². The molecule has 32 heavy (non-hydrogen) atoms. The molecule has 0 aromatic heterocycles. The second kappa shape index (κ2) is 10.4. The minimum atomic E-state index is -1.17. The van der Waals surface area contributed by atoms with Crippen molar-refractivity contribution in [2.45, 2.75) is 50.0 Å². The normalized spacial score (nSPS) is 22.9. The van der Waals surface area contributed by atoms with E-state index in [1.807, 2.05) is 18.2 Å². The van der Waals surface area contributed by atoms with Gasteiger partial charge < -0.3 is 25.0 Å². The molecule has 2 aromatic rings. The summed E-state index contributed by atoms with van der Waals surface area (Å²) in [6.45, 7) is 0. The summed E-state index contributed by atoms with van der Waals surface area (Å²) in [7, 11) is 2.15. The quantitative estimate of drug-likeness (QED) is 0.605. The van der Waals surface area contributed by atoms with Crippen molar-refractivity contribution in [3.8, 4) is 0 Å². The van der Waals surface area contributed by atoms with E-state index >= 15 is 0 Å². The van der Waals surface area contributed by atoms with Crippen LogP contribution in [0.15, 0.2) is 54.6 Å². The van der Waals surface area contributed by atoms with Crippen molar-refractivity contribution in [1.29, 1.82) is 0 Å². The van der Waals surface area contributed by atoms with Gasteiger partial charge in [0.2, 0.25) is 0 Å². The molecule has 0 saturated carbocycles. The van der Waals surface area contributed by atoms with Crippen LogP contribution in [0.3, 0.4) is 0 Å². The number of carboxylic acid groups (broad SMARTS) is 2. The van der Waals surface area contributed by atoms with E-state index in [0.717, 1.165) is 12.8 Å². The van der Waals surface area contributed by atoms with Crippen molar-refractivity contribution in [2.75, 3.05) is 7.05 Å². The Bertz CT molecular complexity index is 898. The standard InChI is InChI=1S/C16H21NO3.C8H6O4/c1-17-12-7-8-13(17)10-14(9-12)20-16(19)15(18)11-5-3-2-4-6-11;9-7(10)5-1-2-6(4-3-5)8(11)12/h2-6,12-15,18H,7-10H2,1H3;1-4H,(H,9,10)(H,11,12)/t12-,13+,14?,15?;. The van der Waals surface area contributed by atoms with E-state index in [4.69, 9.17) is 14.9 Å². The molecule has 0 radical (unpaired) electrons. The van der Waals surface area contributed by atoms with Gasteiger partial charge in [0, 0.05) is 12.1 Å². The first-order chi connectivity index (χ1) is 15.3. The highest BCUT2D eigenvalue weighted by atomic mass is 16.6. The van der Waals surface area contributed by atoms with E-state index in [9.17, 15) is 19.5 Å². The van der Waals surface area contributed by atoms with Gasteiger partial charge in [0.1, 0.15) is 6.10 Å². The van der Waals surface area contributed by atoms with Crippen LogP contribution >= 0.6 is 0 Å². The van der Waals surface area contributed by atoms with E-state index in [2.05, 4.69) is 11.9 Å². The molecule has 4 atom stereocenters. The average Bonchev–Trinajstić information content (AvgIpc) is 2.99. The molecule has 0 spiro atoms. The fraction of sp³-hybridized carbons (Fsp3) is 0.375. The Balaban J connectivity index is 0.000000207. The van der Waals surface area contributed by atoms with Gasteiger partial charge in [-0.3, -0.25) is 0 Å². The maximum atomic E-state index is 12.0. The van der Waals surface area contributed by atoms with E-state index in [-0.39, 0.29) is 17.2 Å². The number of hydrogen-bond acceptors (Lipinski definition) is 6. The number of rotatable bonds is 5. The third-order valence-corrected chi connectivity index (χ3v) is 6.06. The van der Waals surface area contributed by atoms with Gasteiger partial charge in [-0.2, -0.15) is 0 Å². The first kappa shape index (κ1) is 23.4. The summed E-state index contributed by atoms with van der Waals surface area (Å²) in [5.41, 5.74) is 0.758. The number of aliphatic hydroxyl groups excluding tert-OH is 1. The molecule has 8 heteroatoms. The summed E-state index contributed by atoms with van der Waals surface area (Å²) in [6, 6.07) is 15.0. The summed E-state index contributed by atoms with van der Waals surface area (Å²) in [6.07, 6.45) is 2.94. The van der Waals surface area contributed by atoms with Crippen molar-refractivity contribution < 1.29 is 34.4 Å². The topological polar surface area (TPSA) is 124 Å². The van der Waals surface area contributed by atoms with Gasteiger partial charge in [0.25, 0.3) is 0 Å². The summed E-state index contributed by atoms with van der Waals surface area (Å²) in [4.78, 5) is 35.1. The van der Waals surface area contributed by atoms with Crippen LogP contribution in [0.2, 0.25) is 0 Å². The summed E-state index contributed by atoms with van der Waals surface area (Å²) in [5.74, 6) is -2.65. The Morgan fingerprint density at radius 1 is 0.875 bits per heavy atom. The number of esters is 1. The van der Waals surface area contributed by atoms with Crippen LogP contribution in [-0.2, 0) is 9.53 Å². The number of aromatic carboxylic acids is 2. The van der Waals surface area contributed by atoms with Crippen LogP contribution < -0.4 is 0 Å². The minimum Gasteiger partial charge on any atom is -0.478 e. The minimum absolute atomic E-state index is 0.0467.